The fraction of sp³-hybridized carbons (Fsp3) is 0.545. The van der Waals surface area contributed by atoms with E-state index in [1.165, 1.54) is 0 Å². The molecule has 0 saturated carbocycles. The van der Waals surface area contributed by atoms with Gasteiger partial charge in [-0.25, -0.2) is 0 Å². The summed E-state index contributed by atoms with van der Waals surface area (Å²) in [6.07, 6.45) is 3.49. The Balaban J connectivity index is 2.29. The largest absolute Gasteiger partial charge is 0.396 e. The normalized spacial score (nSPS) is 11.6. The number of aliphatic hydroxyl groups is 1. The maximum atomic E-state index is 9.00. The second-order valence-corrected chi connectivity index (χ2v) is 4.17. The molecule has 0 amide bonds. The van der Waals surface area contributed by atoms with Crippen LogP contribution < -0.4 is 0 Å². The van der Waals surface area contributed by atoms with Crippen LogP contribution in [0.3, 0.4) is 0 Å². The predicted molar refractivity (Wildman–Crippen MR) is 54.8 cm³/mol. The van der Waals surface area contributed by atoms with Crippen molar-refractivity contribution in [3.63, 3.8) is 0 Å². The van der Waals surface area contributed by atoms with E-state index in [2.05, 4.69) is 4.98 Å². The van der Waals surface area contributed by atoms with Crippen LogP contribution in [-0.2, 0) is 11.3 Å². The first-order chi connectivity index (χ1) is 6.64. The third-order valence-corrected chi connectivity index (χ3v) is 1.94. The van der Waals surface area contributed by atoms with Crippen molar-refractivity contribution in [3.05, 3.63) is 30.1 Å². The number of rotatable bonds is 5. The molecule has 1 rings (SSSR count). The summed E-state index contributed by atoms with van der Waals surface area (Å²) in [5.74, 6) is 0. The van der Waals surface area contributed by atoms with Crippen LogP contribution >= 0.6 is 0 Å². The van der Waals surface area contributed by atoms with Gasteiger partial charge < -0.3 is 9.84 Å². The second kappa shape index (κ2) is 5.08. The molecule has 0 atom stereocenters. The van der Waals surface area contributed by atoms with E-state index in [9.17, 15) is 0 Å². The Morgan fingerprint density at radius 1 is 1.36 bits per heavy atom. The van der Waals surface area contributed by atoms with E-state index in [1.54, 1.807) is 12.4 Å². The average molecular weight is 195 g/mol. The van der Waals surface area contributed by atoms with Gasteiger partial charge in [-0.2, -0.15) is 0 Å². The Hall–Kier alpha value is -0.930. The van der Waals surface area contributed by atoms with Crippen LogP contribution in [-0.4, -0.2) is 23.3 Å². The molecule has 3 nitrogen and oxygen atoms in total. The van der Waals surface area contributed by atoms with Crippen molar-refractivity contribution >= 4 is 0 Å². The molecule has 0 aliphatic heterocycles. The number of hydrogen-bond donors (Lipinski definition) is 1. The Kier molecular flexibility index (Phi) is 4.04. The summed E-state index contributed by atoms with van der Waals surface area (Å²) in [6, 6.07) is 3.85. The van der Waals surface area contributed by atoms with Crippen LogP contribution in [0.5, 0.6) is 0 Å². The maximum absolute atomic E-state index is 9.00. The zero-order valence-corrected chi connectivity index (χ0v) is 8.73. The first kappa shape index (κ1) is 11.1. The van der Waals surface area contributed by atoms with Gasteiger partial charge in [0.15, 0.2) is 0 Å². The van der Waals surface area contributed by atoms with Gasteiger partial charge in [0.2, 0.25) is 0 Å². The molecular weight excluding hydrogens is 178 g/mol. The van der Waals surface area contributed by atoms with E-state index in [0.29, 0.717) is 13.2 Å². The molecule has 0 aromatic carbocycles. The summed E-state index contributed by atoms with van der Waals surface area (Å²) in [4.78, 5) is 3.92. The fourth-order valence-corrected chi connectivity index (χ4v) is 0.970. The minimum absolute atomic E-state index is 0.142. The van der Waals surface area contributed by atoms with E-state index in [0.717, 1.165) is 5.56 Å². The molecule has 0 radical (unpaired) electrons. The SMILES string of the molecule is CC(C)(CO)COCc1ccncc1. The van der Waals surface area contributed by atoms with Crippen LogP contribution in [0, 0.1) is 5.41 Å². The quantitative estimate of drug-likeness (QED) is 0.776. The lowest BCUT2D eigenvalue weighted by atomic mass is 9.97. The van der Waals surface area contributed by atoms with Gasteiger partial charge in [-0.05, 0) is 17.7 Å². The summed E-state index contributed by atoms with van der Waals surface area (Å²) in [5.41, 5.74) is 0.946. The molecule has 0 fully saturated rings. The van der Waals surface area contributed by atoms with E-state index < -0.39 is 0 Å². The third kappa shape index (κ3) is 3.85. The first-order valence-electron chi connectivity index (χ1n) is 4.71. The van der Waals surface area contributed by atoms with Crippen LogP contribution in [0.15, 0.2) is 24.5 Å². The van der Waals surface area contributed by atoms with Crippen molar-refractivity contribution in [1.29, 1.82) is 0 Å². The van der Waals surface area contributed by atoms with Crippen molar-refractivity contribution < 1.29 is 9.84 Å². The van der Waals surface area contributed by atoms with Crippen LogP contribution in [0.25, 0.3) is 0 Å². The van der Waals surface area contributed by atoms with E-state index in [1.807, 2.05) is 26.0 Å². The Morgan fingerprint density at radius 3 is 2.57 bits per heavy atom. The van der Waals surface area contributed by atoms with E-state index >= 15 is 0 Å². The average Bonchev–Trinajstić information content (AvgIpc) is 2.19. The molecule has 78 valence electrons. The van der Waals surface area contributed by atoms with Crippen molar-refractivity contribution in [2.75, 3.05) is 13.2 Å². The molecule has 1 aromatic rings. The van der Waals surface area contributed by atoms with Gasteiger partial charge in [-0.1, -0.05) is 13.8 Å². The van der Waals surface area contributed by atoms with E-state index in [4.69, 9.17) is 9.84 Å². The van der Waals surface area contributed by atoms with Gasteiger partial charge in [-0.15, -0.1) is 0 Å². The molecule has 0 unspecified atom stereocenters. The monoisotopic (exact) mass is 195 g/mol. The van der Waals surface area contributed by atoms with Gasteiger partial charge in [0, 0.05) is 17.8 Å². The van der Waals surface area contributed by atoms with Gasteiger partial charge >= 0.3 is 0 Å². The maximum Gasteiger partial charge on any atom is 0.0718 e. The highest BCUT2D eigenvalue weighted by atomic mass is 16.5. The molecule has 0 saturated heterocycles. The summed E-state index contributed by atoms with van der Waals surface area (Å²) >= 11 is 0. The van der Waals surface area contributed by atoms with Gasteiger partial charge in [0.05, 0.1) is 19.8 Å². The first-order valence-corrected chi connectivity index (χ1v) is 4.71. The highest BCUT2D eigenvalue weighted by molar-refractivity contribution is 5.07. The summed E-state index contributed by atoms with van der Waals surface area (Å²) in [5, 5.41) is 9.00. The Labute approximate surface area is 84.7 Å². The van der Waals surface area contributed by atoms with Crippen molar-refractivity contribution in [3.8, 4) is 0 Å². The zero-order valence-electron chi connectivity index (χ0n) is 8.73. The van der Waals surface area contributed by atoms with Crippen molar-refractivity contribution in [2.45, 2.75) is 20.5 Å². The van der Waals surface area contributed by atoms with Crippen LogP contribution in [0.4, 0.5) is 0 Å². The molecule has 3 heteroatoms. The minimum atomic E-state index is -0.160. The van der Waals surface area contributed by atoms with Gasteiger partial charge in [0.1, 0.15) is 0 Å². The van der Waals surface area contributed by atoms with Crippen molar-refractivity contribution in [1.82, 2.24) is 4.98 Å². The molecule has 0 spiro atoms. The molecule has 1 N–H and O–H groups in total. The smallest absolute Gasteiger partial charge is 0.0718 e. The topological polar surface area (TPSA) is 42.4 Å². The van der Waals surface area contributed by atoms with E-state index in [-0.39, 0.29) is 12.0 Å². The standard InChI is InChI=1S/C11H17NO2/c1-11(2,8-13)9-14-7-10-3-5-12-6-4-10/h3-6,13H,7-9H2,1-2H3. The van der Waals surface area contributed by atoms with Gasteiger partial charge in [-0.3, -0.25) is 4.98 Å². The number of aliphatic hydroxyl groups excluding tert-OH is 1. The summed E-state index contributed by atoms with van der Waals surface area (Å²) < 4.78 is 5.49. The lowest BCUT2D eigenvalue weighted by molar-refractivity contribution is 0.0197. The summed E-state index contributed by atoms with van der Waals surface area (Å²) in [7, 11) is 0. The molecular formula is C11H17NO2. The van der Waals surface area contributed by atoms with Crippen LogP contribution in [0.1, 0.15) is 19.4 Å². The second-order valence-electron chi connectivity index (χ2n) is 4.17. The number of aromatic nitrogens is 1. The number of pyridine rings is 1. The molecule has 0 bridgehead atoms. The summed E-state index contributed by atoms with van der Waals surface area (Å²) in [6.45, 7) is 5.22. The Bertz CT molecular complexity index is 259. The fourth-order valence-electron chi connectivity index (χ4n) is 0.970. The predicted octanol–water partition coefficient (Wildman–Crippen LogP) is 1.62. The van der Waals surface area contributed by atoms with Crippen LogP contribution in [0.2, 0.25) is 0 Å². The number of nitrogens with zero attached hydrogens (tertiary/aromatic N) is 1. The Morgan fingerprint density at radius 2 is 2.00 bits per heavy atom. The highest BCUT2D eigenvalue weighted by Gasteiger charge is 2.16. The van der Waals surface area contributed by atoms with Gasteiger partial charge in [0.25, 0.3) is 0 Å². The highest BCUT2D eigenvalue weighted by Crippen LogP contribution is 2.14. The molecule has 0 aliphatic rings. The lowest BCUT2D eigenvalue weighted by Gasteiger charge is -2.21. The van der Waals surface area contributed by atoms with Crippen molar-refractivity contribution in [2.24, 2.45) is 5.41 Å². The lowest BCUT2D eigenvalue weighted by Crippen LogP contribution is -2.23. The number of ether oxygens (including phenoxy) is 1. The minimum Gasteiger partial charge on any atom is -0.396 e. The third-order valence-electron chi connectivity index (χ3n) is 1.94. The zero-order chi connectivity index (χ0) is 10.4. The molecule has 1 heterocycles. The molecule has 0 aliphatic carbocycles. The molecule has 14 heavy (non-hydrogen) atoms. The number of hydrogen-bond acceptors (Lipinski definition) is 3. The molecule has 1 aromatic heterocycles.